The number of aromatic nitrogens is 1. The number of benzene rings is 2. The molecule has 3 heteroatoms. The molecule has 0 aliphatic heterocycles. The highest BCUT2D eigenvalue weighted by molar-refractivity contribution is 5.95. The molecule has 1 aromatic heterocycles. The Bertz CT molecular complexity index is 834. The number of para-hydroxylation sites is 2. The Kier molecular flexibility index (Phi) is 4.38. The number of fused-ring (bicyclic) bond motifs is 1. The molecule has 3 rings (SSSR count). The molecule has 0 radical (unpaired) electrons. The van der Waals surface area contributed by atoms with E-state index in [1.165, 1.54) is 0 Å². The summed E-state index contributed by atoms with van der Waals surface area (Å²) < 4.78 is 0. The van der Waals surface area contributed by atoms with Crippen LogP contribution in [0.4, 0.5) is 5.69 Å². The number of nitrogens with zero attached hydrogens (tertiary/aromatic N) is 1. The predicted octanol–water partition coefficient (Wildman–Crippen LogP) is 4.54. The fraction of sp³-hybridized carbons (Fsp3) is 0.200. The van der Waals surface area contributed by atoms with Gasteiger partial charge in [0.05, 0.1) is 11.9 Å². The molecule has 2 aromatic carbocycles. The molecule has 0 atom stereocenters. The van der Waals surface area contributed by atoms with Gasteiger partial charge in [-0.15, -0.1) is 0 Å². The molecule has 3 aromatic rings. The van der Waals surface area contributed by atoms with Gasteiger partial charge in [0, 0.05) is 17.3 Å². The number of amides is 1. The molecule has 0 unspecified atom stereocenters. The lowest BCUT2D eigenvalue weighted by Gasteiger charge is -2.14. The molecule has 0 bridgehead atoms. The first-order valence-electron chi connectivity index (χ1n) is 7.86. The number of carbonyl (C=O) groups is 1. The summed E-state index contributed by atoms with van der Waals surface area (Å²) in [5.74, 6) is 0.349. The summed E-state index contributed by atoms with van der Waals surface area (Å²) in [4.78, 5) is 16.9. The lowest BCUT2D eigenvalue weighted by Crippen LogP contribution is -2.16. The van der Waals surface area contributed by atoms with Gasteiger partial charge in [-0.2, -0.15) is 0 Å². The Labute approximate surface area is 136 Å². The van der Waals surface area contributed by atoms with Crippen LogP contribution in [0.15, 0.2) is 60.8 Å². The van der Waals surface area contributed by atoms with E-state index in [0.29, 0.717) is 12.3 Å². The van der Waals surface area contributed by atoms with Crippen molar-refractivity contribution >= 4 is 22.5 Å². The summed E-state index contributed by atoms with van der Waals surface area (Å²) in [7, 11) is 0. The molecule has 23 heavy (non-hydrogen) atoms. The lowest BCUT2D eigenvalue weighted by atomic mass is 10.0. The molecule has 1 amide bonds. The van der Waals surface area contributed by atoms with E-state index in [2.05, 4.69) is 30.2 Å². The van der Waals surface area contributed by atoms with Crippen LogP contribution in [-0.2, 0) is 11.2 Å². The first-order valence-corrected chi connectivity index (χ1v) is 7.86. The van der Waals surface area contributed by atoms with Gasteiger partial charge in [0.2, 0.25) is 5.91 Å². The van der Waals surface area contributed by atoms with E-state index in [-0.39, 0.29) is 5.91 Å². The Balaban J connectivity index is 1.82. The third kappa shape index (κ3) is 3.39. The molecule has 3 nitrogen and oxygen atoms in total. The Morgan fingerprint density at radius 1 is 1.04 bits per heavy atom. The molecule has 0 saturated heterocycles. The second-order valence-electron chi connectivity index (χ2n) is 5.96. The molecule has 1 heterocycles. The maximum absolute atomic E-state index is 12.5. The van der Waals surface area contributed by atoms with Gasteiger partial charge in [-0.05, 0) is 29.2 Å². The van der Waals surface area contributed by atoms with Gasteiger partial charge >= 0.3 is 0 Å². The van der Waals surface area contributed by atoms with Crippen molar-refractivity contribution in [3.05, 3.63) is 71.9 Å². The number of pyridine rings is 1. The molecular formula is C20H20N2O. The van der Waals surface area contributed by atoms with E-state index in [4.69, 9.17) is 0 Å². The molecule has 0 spiro atoms. The summed E-state index contributed by atoms with van der Waals surface area (Å²) in [5.41, 5.74) is 3.88. The predicted molar refractivity (Wildman–Crippen MR) is 94.6 cm³/mol. The highest BCUT2D eigenvalue weighted by Crippen LogP contribution is 2.24. The second kappa shape index (κ2) is 6.61. The van der Waals surface area contributed by atoms with Crippen LogP contribution in [0.2, 0.25) is 0 Å². The van der Waals surface area contributed by atoms with Crippen LogP contribution >= 0.6 is 0 Å². The molecule has 0 aliphatic rings. The minimum atomic E-state index is -0.0174. The van der Waals surface area contributed by atoms with Crippen molar-refractivity contribution in [2.24, 2.45) is 0 Å². The summed E-state index contributed by atoms with van der Waals surface area (Å²) in [6, 6.07) is 17.8. The van der Waals surface area contributed by atoms with E-state index in [1.54, 1.807) is 6.20 Å². The van der Waals surface area contributed by atoms with Crippen LogP contribution in [0.1, 0.15) is 30.9 Å². The first kappa shape index (κ1) is 15.2. The fourth-order valence-corrected chi connectivity index (χ4v) is 2.79. The quantitative estimate of drug-likeness (QED) is 0.769. The smallest absolute Gasteiger partial charge is 0.228 e. The standard InChI is InChI=1S/C20H20N2O/c1-14(2)17-10-3-4-11-18(17)22-19(23)13-16-8-5-7-15-9-6-12-21-20(15)16/h3-12,14H,13H2,1-2H3,(H,22,23). The second-order valence-corrected chi connectivity index (χ2v) is 5.96. The fourth-order valence-electron chi connectivity index (χ4n) is 2.79. The van der Waals surface area contributed by atoms with E-state index in [0.717, 1.165) is 27.7 Å². The lowest BCUT2D eigenvalue weighted by molar-refractivity contribution is -0.115. The Morgan fingerprint density at radius 2 is 1.83 bits per heavy atom. The Morgan fingerprint density at radius 3 is 2.65 bits per heavy atom. The summed E-state index contributed by atoms with van der Waals surface area (Å²) >= 11 is 0. The summed E-state index contributed by atoms with van der Waals surface area (Å²) in [5, 5.41) is 4.09. The van der Waals surface area contributed by atoms with Crippen molar-refractivity contribution in [1.29, 1.82) is 0 Å². The van der Waals surface area contributed by atoms with E-state index in [1.807, 2.05) is 48.5 Å². The largest absolute Gasteiger partial charge is 0.326 e. The van der Waals surface area contributed by atoms with Gasteiger partial charge in [0.25, 0.3) is 0 Å². The van der Waals surface area contributed by atoms with Crippen LogP contribution in [0.5, 0.6) is 0 Å². The molecule has 1 N–H and O–H groups in total. The number of hydrogen-bond donors (Lipinski definition) is 1. The van der Waals surface area contributed by atoms with E-state index >= 15 is 0 Å². The zero-order chi connectivity index (χ0) is 16.2. The third-order valence-electron chi connectivity index (χ3n) is 3.92. The maximum atomic E-state index is 12.5. The maximum Gasteiger partial charge on any atom is 0.228 e. The SMILES string of the molecule is CC(C)c1ccccc1NC(=O)Cc1cccc2cccnc12. The highest BCUT2D eigenvalue weighted by Gasteiger charge is 2.11. The van der Waals surface area contributed by atoms with Crippen molar-refractivity contribution in [2.45, 2.75) is 26.2 Å². The Hall–Kier alpha value is -2.68. The number of hydrogen-bond acceptors (Lipinski definition) is 2. The zero-order valence-electron chi connectivity index (χ0n) is 13.4. The normalized spacial score (nSPS) is 10.9. The third-order valence-corrected chi connectivity index (χ3v) is 3.92. The van der Waals surface area contributed by atoms with Gasteiger partial charge in [0.15, 0.2) is 0 Å². The average molecular weight is 304 g/mol. The van der Waals surface area contributed by atoms with Gasteiger partial charge in [-0.25, -0.2) is 0 Å². The van der Waals surface area contributed by atoms with Crippen molar-refractivity contribution in [3.63, 3.8) is 0 Å². The van der Waals surface area contributed by atoms with Crippen molar-refractivity contribution in [2.75, 3.05) is 5.32 Å². The van der Waals surface area contributed by atoms with Crippen LogP contribution in [0.3, 0.4) is 0 Å². The van der Waals surface area contributed by atoms with Crippen molar-refractivity contribution in [3.8, 4) is 0 Å². The number of anilines is 1. The van der Waals surface area contributed by atoms with E-state index in [9.17, 15) is 4.79 Å². The summed E-state index contributed by atoms with van der Waals surface area (Å²) in [6.07, 6.45) is 2.08. The van der Waals surface area contributed by atoms with Crippen LogP contribution in [0.25, 0.3) is 10.9 Å². The summed E-state index contributed by atoms with van der Waals surface area (Å²) in [6.45, 7) is 4.25. The van der Waals surface area contributed by atoms with Gasteiger partial charge < -0.3 is 5.32 Å². The van der Waals surface area contributed by atoms with E-state index < -0.39 is 0 Å². The monoisotopic (exact) mass is 304 g/mol. The van der Waals surface area contributed by atoms with Crippen LogP contribution in [0, 0.1) is 0 Å². The molecule has 0 aliphatic carbocycles. The van der Waals surface area contributed by atoms with Crippen molar-refractivity contribution < 1.29 is 4.79 Å². The number of carbonyl (C=O) groups excluding carboxylic acids is 1. The minimum Gasteiger partial charge on any atom is -0.326 e. The van der Waals surface area contributed by atoms with Crippen molar-refractivity contribution in [1.82, 2.24) is 4.98 Å². The molecular weight excluding hydrogens is 284 g/mol. The molecule has 0 fully saturated rings. The van der Waals surface area contributed by atoms with Crippen LogP contribution < -0.4 is 5.32 Å². The minimum absolute atomic E-state index is 0.0174. The molecule has 116 valence electrons. The van der Waals surface area contributed by atoms with Gasteiger partial charge in [0.1, 0.15) is 0 Å². The zero-order valence-corrected chi connectivity index (χ0v) is 13.4. The number of rotatable bonds is 4. The average Bonchev–Trinajstić information content (AvgIpc) is 2.55. The first-order chi connectivity index (χ1) is 11.1. The van der Waals surface area contributed by atoms with Gasteiger partial charge in [-0.3, -0.25) is 9.78 Å². The van der Waals surface area contributed by atoms with Gasteiger partial charge in [-0.1, -0.05) is 56.3 Å². The molecule has 0 saturated carbocycles. The highest BCUT2D eigenvalue weighted by atomic mass is 16.1. The van der Waals surface area contributed by atoms with Crippen LogP contribution in [-0.4, -0.2) is 10.9 Å². The number of nitrogens with one attached hydrogen (secondary N) is 1. The topological polar surface area (TPSA) is 42.0 Å².